The number of likely N-dealkylation sites (tertiary alicyclic amines) is 1. The van der Waals surface area contributed by atoms with Crippen molar-refractivity contribution in [1.29, 1.82) is 0 Å². The van der Waals surface area contributed by atoms with Crippen molar-refractivity contribution in [2.45, 2.75) is 19.0 Å². The minimum absolute atomic E-state index is 0.159. The van der Waals surface area contributed by atoms with Crippen molar-refractivity contribution < 1.29 is 22.7 Å². The molecule has 0 bridgehead atoms. The predicted octanol–water partition coefficient (Wildman–Crippen LogP) is 4.32. The van der Waals surface area contributed by atoms with Gasteiger partial charge in [0, 0.05) is 18.8 Å². The molecule has 0 aliphatic carbocycles. The van der Waals surface area contributed by atoms with E-state index in [0.717, 1.165) is 25.0 Å². The van der Waals surface area contributed by atoms with E-state index in [1.807, 2.05) is 0 Å². The maximum Gasteiger partial charge on any atom is 0.416 e. The molecule has 1 aliphatic rings. The van der Waals surface area contributed by atoms with Gasteiger partial charge in [0.05, 0.1) is 11.1 Å². The van der Waals surface area contributed by atoms with Crippen LogP contribution in [-0.2, 0) is 6.18 Å². The molecule has 3 rings (SSSR count). The van der Waals surface area contributed by atoms with Gasteiger partial charge in [0.15, 0.2) is 0 Å². The zero-order valence-corrected chi connectivity index (χ0v) is 13.3. The second kappa shape index (κ2) is 6.66. The molecule has 1 aliphatic heterocycles. The molecule has 4 nitrogen and oxygen atoms in total. The Morgan fingerprint density at radius 3 is 2.20 bits per heavy atom. The highest BCUT2D eigenvalue weighted by Crippen LogP contribution is 2.32. The molecule has 0 spiro atoms. The van der Waals surface area contributed by atoms with Crippen LogP contribution in [0.5, 0.6) is 11.5 Å². The Hall–Kier alpha value is -2.70. The summed E-state index contributed by atoms with van der Waals surface area (Å²) in [6.45, 7) is 1.39. The maximum absolute atomic E-state index is 12.6. The van der Waals surface area contributed by atoms with Gasteiger partial charge in [-0.1, -0.05) is 0 Å². The van der Waals surface area contributed by atoms with Crippen molar-refractivity contribution in [2.24, 2.45) is 0 Å². The summed E-state index contributed by atoms with van der Waals surface area (Å²) in [6, 6.07) is 9.03. The van der Waals surface area contributed by atoms with E-state index in [-0.39, 0.29) is 11.7 Å². The fourth-order valence-corrected chi connectivity index (χ4v) is 2.72. The van der Waals surface area contributed by atoms with Gasteiger partial charge in [-0.25, -0.2) is 0 Å². The number of rotatable bonds is 3. The van der Waals surface area contributed by atoms with Crippen LogP contribution in [0.2, 0.25) is 0 Å². The average Bonchev–Trinajstić information content (AvgIpc) is 3.10. The molecule has 7 heteroatoms. The van der Waals surface area contributed by atoms with E-state index in [2.05, 4.69) is 0 Å². The fourth-order valence-electron chi connectivity index (χ4n) is 2.72. The number of hydrogen-bond acceptors (Lipinski definition) is 3. The Morgan fingerprint density at radius 2 is 1.60 bits per heavy atom. The van der Waals surface area contributed by atoms with Crippen molar-refractivity contribution in [3.8, 4) is 11.5 Å². The Balaban J connectivity index is 1.79. The van der Waals surface area contributed by atoms with Crippen molar-refractivity contribution in [3.05, 3.63) is 53.6 Å². The number of nitrogens with zero attached hydrogens (tertiary/aromatic N) is 1. The van der Waals surface area contributed by atoms with Gasteiger partial charge >= 0.3 is 6.18 Å². The standard InChI is InChI=1S/C18H17F3N2O2/c19-18(20,21)12-3-5-13(6-4-12)25-14-7-8-16(22)15(11-14)17(24)23-9-1-2-10-23/h3-8,11H,1-2,9-10,22H2. The molecule has 0 aromatic heterocycles. The van der Waals surface area contributed by atoms with E-state index in [9.17, 15) is 18.0 Å². The lowest BCUT2D eigenvalue weighted by atomic mass is 10.1. The van der Waals surface area contributed by atoms with Gasteiger partial charge in [-0.3, -0.25) is 4.79 Å². The summed E-state index contributed by atoms with van der Waals surface area (Å²) in [6.07, 6.45) is -2.46. The van der Waals surface area contributed by atoms with Crippen LogP contribution in [0.25, 0.3) is 0 Å². The molecule has 0 saturated carbocycles. The Kier molecular flexibility index (Phi) is 4.57. The molecule has 132 valence electrons. The first-order valence-electron chi connectivity index (χ1n) is 7.88. The van der Waals surface area contributed by atoms with Crippen molar-refractivity contribution in [1.82, 2.24) is 4.90 Å². The number of carbonyl (C=O) groups is 1. The van der Waals surface area contributed by atoms with Gasteiger partial charge in [-0.2, -0.15) is 13.2 Å². The smallest absolute Gasteiger partial charge is 0.416 e. The largest absolute Gasteiger partial charge is 0.457 e. The van der Waals surface area contributed by atoms with Gasteiger partial charge < -0.3 is 15.4 Å². The summed E-state index contributed by atoms with van der Waals surface area (Å²) in [7, 11) is 0. The highest BCUT2D eigenvalue weighted by molar-refractivity contribution is 5.99. The number of anilines is 1. The monoisotopic (exact) mass is 350 g/mol. The molecule has 0 atom stereocenters. The van der Waals surface area contributed by atoms with Crippen LogP contribution in [0.15, 0.2) is 42.5 Å². The molecule has 1 saturated heterocycles. The molecule has 2 aromatic rings. The molecule has 2 N–H and O–H groups in total. The summed E-state index contributed by atoms with van der Waals surface area (Å²) < 4.78 is 43.3. The van der Waals surface area contributed by atoms with Crippen molar-refractivity contribution in [2.75, 3.05) is 18.8 Å². The minimum atomic E-state index is -4.39. The Morgan fingerprint density at radius 1 is 1.00 bits per heavy atom. The minimum Gasteiger partial charge on any atom is -0.457 e. The number of benzene rings is 2. The van der Waals surface area contributed by atoms with Gasteiger partial charge in [-0.15, -0.1) is 0 Å². The third kappa shape index (κ3) is 3.87. The highest BCUT2D eigenvalue weighted by Gasteiger charge is 2.30. The molecule has 1 fully saturated rings. The molecular weight excluding hydrogens is 333 g/mol. The zero-order valence-electron chi connectivity index (χ0n) is 13.3. The van der Waals surface area contributed by atoms with Crippen LogP contribution in [-0.4, -0.2) is 23.9 Å². The average molecular weight is 350 g/mol. The first kappa shape index (κ1) is 17.1. The second-order valence-corrected chi connectivity index (χ2v) is 5.87. The lowest BCUT2D eigenvalue weighted by Crippen LogP contribution is -2.28. The van der Waals surface area contributed by atoms with E-state index in [4.69, 9.17) is 10.5 Å². The third-order valence-corrected chi connectivity index (χ3v) is 4.07. The van der Waals surface area contributed by atoms with E-state index < -0.39 is 11.7 Å². The van der Waals surface area contributed by atoms with Crippen LogP contribution in [0.1, 0.15) is 28.8 Å². The molecule has 0 unspecified atom stereocenters. The molecular formula is C18H17F3N2O2. The Bertz CT molecular complexity index is 767. The first-order chi connectivity index (χ1) is 11.8. The van der Waals surface area contributed by atoms with Crippen LogP contribution in [0.4, 0.5) is 18.9 Å². The Labute approximate surface area is 143 Å². The van der Waals surface area contributed by atoms with Crippen molar-refractivity contribution in [3.63, 3.8) is 0 Å². The topological polar surface area (TPSA) is 55.6 Å². The number of ether oxygens (including phenoxy) is 1. The summed E-state index contributed by atoms with van der Waals surface area (Å²) in [5, 5.41) is 0. The van der Waals surface area contributed by atoms with E-state index >= 15 is 0 Å². The first-order valence-corrected chi connectivity index (χ1v) is 7.88. The summed E-state index contributed by atoms with van der Waals surface area (Å²) in [5.41, 5.74) is 5.83. The van der Waals surface area contributed by atoms with E-state index in [1.54, 1.807) is 17.0 Å². The quantitative estimate of drug-likeness (QED) is 0.839. The molecule has 1 amide bonds. The summed E-state index contributed by atoms with van der Waals surface area (Å²) in [4.78, 5) is 14.2. The second-order valence-electron chi connectivity index (χ2n) is 5.87. The summed E-state index contributed by atoms with van der Waals surface area (Å²) in [5.74, 6) is 0.432. The number of amides is 1. The molecule has 0 radical (unpaired) electrons. The molecule has 1 heterocycles. The molecule has 2 aromatic carbocycles. The highest BCUT2D eigenvalue weighted by atomic mass is 19.4. The third-order valence-electron chi connectivity index (χ3n) is 4.07. The van der Waals surface area contributed by atoms with Gasteiger partial charge in [0.25, 0.3) is 5.91 Å². The molecule has 25 heavy (non-hydrogen) atoms. The number of nitrogen functional groups attached to an aromatic ring is 1. The number of carbonyl (C=O) groups excluding carboxylic acids is 1. The summed E-state index contributed by atoms with van der Waals surface area (Å²) >= 11 is 0. The number of hydrogen-bond donors (Lipinski definition) is 1. The van der Waals surface area contributed by atoms with Crippen LogP contribution in [0.3, 0.4) is 0 Å². The zero-order chi connectivity index (χ0) is 18.0. The van der Waals surface area contributed by atoms with Crippen LogP contribution >= 0.6 is 0 Å². The van der Waals surface area contributed by atoms with E-state index in [0.29, 0.717) is 30.1 Å². The van der Waals surface area contributed by atoms with Gasteiger partial charge in [-0.05, 0) is 55.3 Å². The van der Waals surface area contributed by atoms with Gasteiger partial charge in [0.1, 0.15) is 11.5 Å². The number of nitrogens with two attached hydrogens (primary N) is 1. The van der Waals surface area contributed by atoms with E-state index in [1.165, 1.54) is 18.2 Å². The SMILES string of the molecule is Nc1ccc(Oc2ccc(C(F)(F)F)cc2)cc1C(=O)N1CCCC1. The van der Waals surface area contributed by atoms with Crippen LogP contribution < -0.4 is 10.5 Å². The lowest BCUT2D eigenvalue weighted by Gasteiger charge is -2.17. The number of alkyl halides is 3. The predicted molar refractivity (Wildman–Crippen MR) is 87.5 cm³/mol. The lowest BCUT2D eigenvalue weighted by molar-refractivity contribution is -0.137. The van der Waals surface area contributed by atoms with Crippen LogP contribution in [0, 0.1) is 0 Å². The number of halogens is 3. The fraction of sp³-hybridized carbons (Fsp3) is 0.278. The van der Waals surface area contributed by atoms with Gasteiger partial charge in [0.2, 0.25) is 0 Å². The normalized spacial score (nSPS) is 14.6. The van der Waals surface area contributed by atoms with Crippen molar-refractivity contribution >= 4 is 11.6 Å². The maximum atomic E-state index is 12.6.